The molecule has 1 heterocycles. The average Bonchev–Trinajstić information content (AvgIpc) is 3.13. The fourth-order valence-electron chi connectivity index (χ4n) is 3.05. The lowest BCUT2D eigenvalue weighted by atomic mass is 10.1. The first kappa shape index (κ1) is 18.2. The van der Waals surface area contributed by atoms with Crippen molar-refractivity contribution >= 4 is 9.84 Å². The van der Waals surface area contributed by atoms with Crippen molar-refractivity contribution in [2.24, 2.45) is 0 Å². The minimum atomic E-state index is -3.25. The summed E-state index contributed by atoms with van der Waals surface area (Å²) in [4.78, 5) is 5.02. The number of benzene rings is 3. The molecule has 140 valence electrons. The molecule has 0 spiro atoms. The highest BCUT2D eigenvalue weighted by Crippen LogP contribution is 2.33. The predicted molar refractivity (Wildman–Crippen MR) is 110 cm³/mol. The van der Waals surface area contributed by atoms with Gasteiger partial charge in [-0.2, -0.15) is 0 Å². The summed E-state index contributed by atoms with van der Waals surface area (Å²) in [5.74, 6) is 1.25. The number of hydrogen-bond donors (Lipinski definition) is 0. The largest absolute Gasteiger partial charge is 0.440 e. The highest BCUT2D eigenvalue weighted by Gasteiger charge is 2.18. The maximum absolute atomic E-state index is 11.7. The molecule has 0 N–H and O–H groups in total. The average molecular weight is 389 g/mol. The first-order valence-corrected chi connectivity index (χ1v) is 10.8. The van der Waals surface area contributed by atoms with Gasteiger partial charge in [0.05, 0.1) is 4.90 Å². The standard InChI is InChI=1S/C23H19NO3S/c1-28(25,26)20-14-12-19(13-15-20)23-22(18-10-6-3-7-11-18)24-21(27-23)16-17-8-4-2-5-9-17/h2-15H,16H2,1H3. The van der Waals surface area contributed by atoms with E-state index in [2.05, 4.69) is 0 Å². The van der Waals surface area contributed by atoms with E-state index in [0.717, 1.165) is 22.4 Å². The van der Waals surface area contributed by atoms with Crippen LogP contribution in [0.15, 0.2) is 94.2 Å². The van der Waals surface area contributed by atoms with Gasteiger partial charge < -0.3 is 4.42 Å². The molecule has 0 aliphatic carbocycles. The van der Waals surface area contributed by atoms with E-state index in [4.69, 9.17) is 9.40 Å². The van der Waals surface area contributed by atoms with Crippen molar-refractivity contribution in [1.82, 2.24) is 4.98 Å². The molecule has 5 heteroatoms. The summed E-state index contributed by atoms with van der Waals surface area (Å²) in [7, 11) is -3.25. The zero-order valence-corrected chi connectivity index (χ0v) is 16.2. The van der Waals surface area contributed by atoms with E-state index in [1.165, 1.54) is 6.26 Å². The Bertz CT molecular complexity index is 1180. The number of sulfone groups is 1. The molecular weight excluding hydrogens is 370 g/mol. The highest BCUT2D eigenvalue weighted by atomic mass is 32.2. The summed E-state index contributed by atoms with van der Waals surface area (Å²) in [6.07, 6.45) is 1.78. The molecule has 0 bridgehead atoms. The minimum Gasteiger partial charge on any atom is -0.440 e. The van der Waals surface area contributed by atoms with Crippen LogP contribution in [0.25, 0.3) is 22.6 Å². The van der Waals surface area contributed by atoms with E-state index in [1.807, 2.05) is 60.7 Å². The number of oxazole rings is 1. The fourth-order valence-corrected chi connectivity index (χ4v) is 3.68. The van der Waals surface area contributed by atoms with E-state index in [-0.39, 0.29) is 4.90 Å². The van der Waals surface area contributed by atoms with Crippen LogP contribution in [0.1, 0.15) is 11.5 Å². The van der Waals surface area contributed by atoms with Gasteiger partial charge in [-0.25, -0.2) is 13.4 Å². The van der Waals surface area contributed by atoms with Gasteiger partial charge in [0.2, 0.25) is 0 Å². The fraction of sp³-hybridized carbons (Fsp3) is 0.0870. The van der Waals surface area contributed by atoms with Crippen molar-refractivity contribution in [2.75, 3.05) is 6.26 Å². The Balaban J connectivity index is 1.78. The van der Waals surface area contributed by atoms with E-state index >= 15 is 0 Å². The Morgan fingerprint density at radius 1 is 0.786 bits per heavy atom. The highest BCUT2D eigenvalue weighted by molar-refractivity contribution is 7.90. The second kappa shape index (κ2) is 7.44. The van der Waals surface area contributed by atoms with Crippen LogP contribution in [0.3, 0.4) is 0 Å². The van der Waals surface area contributed by atoms with Crippen LogP contribution in [-0.4, -0.2) is 19.7 Å². The summed E-state index contributed by atoms with van der Waals surface area (Å²) in [5.41, 5.74) is 3.60. The van der Waals surface area contributed by atoms with Crippen molar-refractivity contribution in [3.63, 3.8) is 0 Å². The van der Waals surface area contributed by atoms with Gasteiger partial charge in [0.15, 0.2) is 21.5 Å². The van der Waals surface area contributed by atoms with Crippen LogP contribution in [0.5, 0.6) is 0 Å². The van der Waals surface area contributed by atoms with Crippen molar-refractivity contribution in [1.29, 1.82) is 0 Å². The summed E-state index contributed by atoms with van der Waals surface area (Å²) in [5, 5.41) is 0. The molecule has 0 amide bonds. The normalized spacial score (nSPS) is 11.5. The van der Waals surface area contributed by atoms with Gasteiger partial charge in [0.1, 0.15) is 5.69 Å². The SMILES string of the molecule is CS(=O)(=O)c1ccc(-c2oc(Cc3ccccc3)nc2-c2ccccc2)cc1. The van der Waals surface area contributed by atoms with E-state index in [9.17, 15) is 8.42 Å². The smallest absolute Gasteiger partial charge is 0.199 e. The molecule has 0 saturated carbocycles. The predicted octanol–water partition coefficient (Wildman–Crippen LogP) is 5.00. The van der Waals surface area contributed by atoms with Crippen LogP contribution in [0, 0.1) is 0 Å². The first-order valence-electron chi connectivity index (χ1n) is 8.90. The Hall–Kier alpha value is -3.18. The monoisotopic (exact) mass is 389 g/mol. The molecule has 0 aliphatic heterocycles. The lowest BCUT2D eigenvalue weighted by Gasteiger charge is -2.03. The van der Waals surface area contributed by atoms with E-state index < -0.39 is 9.84 Å². The van der Waals surface area contributed by atoms with Gasteiger partial charge in [-0.05, 0) is 29.8 Å². The zero-order valence-electron chi connectivity index (χ0n) is 15.4. The molecule has 0 atom stereocenters. The van der Waals surface area contributed by atoms with Crippen LogP contribution >= 0.6 is 0 Å². The topological polar surface area (TPSA) is 60.2 Å². The molecule has 0 aliphatic rings. The van der Waals surface area contributed by atoms with Gasteiger partial charge in [-0.15, -0.1) is 0 Å². The molecule has 0 radical (unpaired) electrons. The van der Waals surface area contributed by atoms with Crippen molar-refractivity contribution in [2.45, 2.75) is 11.3 Å². The van der Waals surface area contributed by atoms with Crippen LogP contribution in [0.2, 0.25) is 0 Å². The zero-order chi connectivity index (χ0) is 19.6. The summed E-state index contributed by atoms with van der Waals surface area (Å²) in [6.45, 7) is 0. The third-order valence-corrected chi connectivity index (χ3v) is 5.59. The second-order valence-electron chi connectivity index (χ2n) is 6.61. The molecule has 4 rings (SSSR count). The number of aromatic nitrogens is 1. The van der Waals surface area contributed by atoms with Gasteiger partial charge in [-0.1, -0.05) is 60.7 Å². The van der Waals surface area contributed by atoms with Gasteiger partial charge >= 0.3 is 0 Å². The summed E-state index contributed by atoms with van der Waals surface area (Å²) in [6, 6.07) is 26.6. The summed E-state index contributed by atoms with van der Waals surface area (Å²) >= 11 is 0. The number of rotatable bonds is 5. The lowest BCUT2D eigenvalue weighted by molar-refractivity contribution is 0.519. The number of hydrogen-bond acceptors (Lipinski definition) is 4. The molecular formula is C23H19NO3S. The third kappa shape index (κ3) is 3.89. The Morgan fingerprint density at radius 2 is 1.39 bits per heavy atom. The molecule has 4 nitrogen and oxygen atoms in total. The van der Waals surface area contributed by atoms with Crippen molar-refractivity contribution in [3.8, 4) is 22.6 Å². The molecule has 4 aromatic rings. The quantitative estimate of drug-likeness (QED) is 0.482. The Morgan fingerprint density at radius 3 is 2.00 bits per heavy atom. The number of nitrogens with zero attached hydrogens (tertiary/aromatic N) is 1. The molecule has 0 unspecified atom stereocenters. The van der Waals surface area contributed by atoms with Gasteiger partial charge in [-0.3, -0.25) is 0 Å². The van der Waals surface area contributed by atoms with Crippen LogP contribution in [0.4, 0.5) is 0 Å². The summed E-state index contributed by atoms with van der Waals surface area (Å²) < 4.78 is 29.6. The van der Waals surface area contributed by atoms with Crippen molar-refractivity contribution in [3.05, 3.63) is 96.4 Å². The van der Waals surface area contributed by atoms with E-state index in [0.29, 0.717) is 18.1 Å². The first-order chi connectivity index (χ1) is 13.5. The van der Waals surface area contributed by atoms with Crippen LogP contribution < -0.4 is 0 Å². The van der Waals surface area contributed by atoms with Gasteiger partial charge in [0.25, 0.3) is 0 Å². The minimum absolute atomic E-state index is 0.279. The molecule has 3 aromatic carbocycles. The van der Waals surface area contributed by atoms with Crippen LogP contribution in [-0.2, 0) is 16.3 Å². The van der Waals surface area contributed by atoms with E-state index in [1.54, 1.807) is 24.3 Å². The third-order valence-electron chi connectivity index (χ3n) is 4.46. The van der Waals surface area contributed by atoms with Crippen molar-refractivity contribution < 1.29 is 12.8 Å². The Kier molecular flexibility index (Phi) is 4.84. The Labute approximate surface area is 164 Å². The molecule has 0 saturated heterocycles. The maximum atomic E-state index is 11.7. The molecule has 28 heavy (non-hydrogen) atoms. The lowest BCUT2D eigenvalue weighted by Crippen LogP contribution is -1.96. The molecule has 1 aromatic heterocycles. The molecule has 0 fully saturated rings. The second-order valence-corrected chi connectivity index (χ2v) is 8.63. The van der Waals surface area contributed by atoms with Gasteiger partial charge in [0, 0.05) is 23.8 Å². The maximum Gasteiger partial charge on any atom is 0.199 e.